The molecule has 0 aliphatic heterocycles. The SMILES string of the molecule is Cc1cc(Br)nc(C)c1F. The van der Waals surface area contributed by atoms with Crippen molar-refractivity contribution in [3.8, 4) is 0 Å². The van der Waals surface area contributed by atoms with Crippen molar-refractivity contribution in [2.75, 3.05) is 0 Å². The van der Waals surface area contributed by atoms with Gasteiger partial charge in [0.25, 0.3) is 0 Å². The van der Waals surface area contributed by atoms with E-state index in [4.69, 9.17) is 0 Å². The monoisotopic (exact) mass is 203 g/mol. The van der Waals surface area contributed by atoms with Gasteiger partial charge in [-0.2, -0.15) is 0 Å². The van der Waals surface area contributed by atoms with Crippen molar-refractivity contribution in [1.82, 2.24) is 4.98 Å². The third-order valence-corrected chi connectivity index (χ3v) is 1.68. The second-order valence-electron chi connectivity index (χ2n) is 2.16. The van der Waals surface area contributed by atoms with E-state index in [1.807, 2.05) is 0 Å². The maximum atomic E-state index is 12.8. The van der Waals surface area contributed by atoms with Crippen molar-refractivity contribution in [2.45, 2.75) is 13.8 Å². The Morgan fingerprint density at radius 1 is 1.50 bits per heavy atom. The van der Waals surface area contributed by atoms with E-state index < -0.39 is 0 Å². The lowest BCUT2D eigenvalue weighted by Gasteiger charge is -1.99. The topological polar surface area (TPSA) is 12.9 Å². The molecule has 0 aromatic carbocycles. The van der Waals surface area contributed by atoms with Crippen LogP contribution in [0.4, 0.5) is 4.39 Å². The number of halogens is 2. The Kier molecular flexibility index (Phi) is 2.04. The highest BCUT2D eigenvalue weighted by Gasteiger charge is 2.02. The van der Waals surface area contributed by atoms with Gasteiger partial charge in [0.05, 0.1) is 5.69 Å². The smallest absolute Gasteiger partial charge is 0.147 e. The quantitative estimate of drug-likeness (QED) is 0.592. The van der Waals surface area contributed by atoms with Gasteiger partial charge in [0.2, 0.25) is 0 Å². The summed E-state index contributed by atoms with van der Waals surface area (Å²) in [6.07, 6.45) is 0. The number of nitrogens with zero attached hydrogens (tertiary/aromatic N) is 1. The first kappa shape index (κ1) is 7.66. The molecule has 0 saturated heterocycles. The molecule has 10 heavy (non-hydrogen) atoms. The molecule has 0 spiro atoms. The van der Waals surface area contributed by atoms with Gasteiger partial charge in [-0.1, -0.05) is 0 Å². The van der Waals surface area contributed by atoms with Crippen molar-refractivity contribution in [1.29, 1.82) is 0 Å². The van der Waals surface area contributed by atoms with Crippen LogP contribution < -0.4 is 0 Å². The largest absolute Gasteiger partial charge is 0.243 e. The van der Waals surface area contributed by atoms with E-state index in [0.29, 0.717) is 15.9 Å². The Morgan fingerprint density at radius 2 is 2.10 bits per heavy atom. The van der Waals surface area contributed by atoms with Gasteiger partial charge >= 0.3 is 0 Å². The van der Waals surface area contributed by atoms with Crippen LogP contribution in [0.3, 0.4) is 0 Å². The predicted octanol–water partition coefficient (Wildman–Crippen LogP) is 2.60. The summed E-state index contributed by atoms with van der Waals surface area (Å²) in [4.78, 5) is 3.88. The molecule has 0 N–H and O–H groups in total. The summed E-state index contributed by atoms with van der Waals surface area (Å²) in [5.74, 6) is -0.219. The van der Waals surface area contributed by atoms with Crippen LogP contribution in [-0.4, -0.2) is 4.98 Å². The van der Waals surface area contributed by atoms with Crippen LogP contribution in [0.5, 0.6) is 0 Å². The fraction of sp³-hybridized carbons (Fsp3) is 0.286. The molecule has 0 radical (unpaired) electrons. The molecule has 1 rings (SSSR count). The average Bonchev–Trinajstić information content (AvgIpc) is 1.82. The van der Waals surface area contributed by atoms with Crippen LogP contribution in [0.25, 0.3) is 0 Å². The van der Waals surface area contributed by atoms with E-state index in [1.54, 1.807) is 19.9 Å². The molecule has 54 valence electrons. The molecule has 1 aromatic heterocycles. The molecule has 0 bridgehead atoms. The maximum Gasteiger partial charge on any atom is 0.147 e. The summed E-state index contributed by atoms with van der Waals surface area (Å²) in [6, 6.07) is 1.66. The zero-order valence-corrected chi connectivity index (χ0v) is 7.37. The first-order chi connectivity index (χ1) is 4.61. The van der Waals surface area contributed by atoms with Gasteiger partial charge < -0.3 is 0 Å². The maximum absolute atomic E-state index is 12.8. The second kappa shape index (κ2) is 2.66. The molecule has 1 heterocycles. The zero-order chi connectivity index (χ0) is 7.72. The van der Waals surface area contributed by atoms with Crippen LogP contribution in [-0.2, 0) is 0 Å². The predicted molar refractivity (Wildman–Crippen MR) is 41.4 cm³/mol. The third kappa shape index (κ3) is 1.34. The van der Waals surface area contributed by atoms with Crippen LogP contribution in [0, 0.1) is 19.7 Å². The molecular formula is C7H7BrFN. The van der Waals surface area contributed by atoms with E-state index in [0.717, 1.165) is 0 Å². The second-order valence-corrected chi connectivity index (χ2v) is 2.97. The Labute approximate surface area is 67.4 Å². The summed E-state index contributed by atoms with van der Waals surface area (Å²) in [5.41, 5.74) is 1.06. The van der Waals surface area contributed by atoms with Gasteiger partial charge in [-0.25, -0.2) is 9.37 Å². The van der Waals surface area contributed by atoms with E-state index >= 15 is 0 Å². The van der Waals surface area contributed by atoms with E-state index in [9.17, 15) is 4.39 Å². The molecule has 1 nitrogen and oxygen atoms in total. The Balaban J connectivity index is 3.31. The number of aromatic nitrogens is 1. The highest BCUT2D eigenvalue weighted by Crippen LogP contribution is 2.14. The first-order valence-corrected chi connectivity index (χ1v) is 3.70. The van der Waals surface area contributed by atoms with Gasteiger partial charge in [-0.05, 0) is 41.4 Å². The lowest BCUT2D eigenvalue weighted by Crippen LogP contribution is -1.91. The Morgan fingerprint density at radius 3 is 2.60 bits per heavy atom. The van der Waals surface area contributed by atoms with Crippen molar-refractivity contribution in [2.24, 2.45) is 0 Å². The summed E-state index contributed by atoms with van der Waals surface area (Å²) in [5, 5.41) is 0. The molecule has 0 amide bonds. The minimum Gasteiger partial charge on any atom is -0.243 e. The minimum atomic E-state index is -0.219. The molecule has 0 saturated carbocycles. The normalized spacial score (nSPS) is 10.0. The van der Waals surface area contributed by atoms with Gasteiger partial charge in [-0.3, -0.25) is 0 Å². The average molecular weight is 204 g/mol. The van der Waals surface area contributed by atoms with Crippen LogP contribution in [0.15, 0.2) is 10.7 Å². The fourth-order valence-corrected chi connectivity index (χ4v) is 1.38. The van der Waals surface area contributed by atoms with E-state index in [1.165, 1.54) is 0 Å². The van der Waals surface area contributed by atoms with Crippen molar-refractivity contribution in [3.63, 3.8) is 0 Å². The molecule has 0 fully saturated rings. The fourth-order valence-electron chi connectivity index (χ4n) is 0.769. The summed E-state index contributed by atoms with van der Waals surface area (Å²) in [6.45, 7) is 3.36. The summed E-state index contributed by atoms with van der Waals surface area (Å²) < 4.78 is 13.5. The Bertz CT molecular complexity index is 237. The number of hydrogen-bond acceptors (Lipinski definition) is 1. The van der Waals surface area contributed by atoms with Gasteiger partial charge in [0, 0.05) is 0 Å². The van der Waals surface area contributed by atoms with Crippen LogP contribution in [0.2, 0.25) is 0 Å². The van der Waals surface area contributed by atoms with Crippen molar-refractivity contribution in [3.05, 3.63) is 27.7 Å². The lowest BCUT2D eigenvalue weighted by atomic mass is 10.2. The number of hydrogen-bond donors (Lipinski definition) is 0. The Hall–Kier alpha value is -0.440. The molecule has 0 aliphatic rings. The number of aryl methyl sites for hydroxylation is 2. The van der Waals surface area contributed by atoms with Gasteiger partial charge in [0.1, 0.15) is 10.4 Å². The van der Waals surface area contributed by atoms with Crippen molar-refractivity contribution < 1.29 is 4.39 Å². The van der Waals surface area contributed by atoms with E-state index in [-0.39, 0.29) is 5.82 Å². The summed E-state index contributed by atoms with van der Waals surface area (Å²) >= 11 is 3.17. The highest BCUT2D eigenvalue weighted by molar-refractivity contribution is 9.10. The van der Waals surface area contributed by atoms with Crippen LogP contribution >= 0.6 is 15.9 Å². The molecular weight excluding hydrogens is 197 g/mol. The number of rotatable bonds is 0. The molecule has 1 aromatic rings. The molecule has 0 unspecified atom stereocenters. The van der Waals surface area contributed by atoms with E-state index in [2.05, 4.69) is 20.9 Å². The standard InChI is InChI=1S/C7H7BrFN/c1-4-3-6(8)10-5(2)7(4)9/h3H,1-2H3. The third-order valence-electron chi connectivity index (χ3n) is 1.27. The van der Waals surface area contributed by atoms with Crippen LogP contribution in [0.1, 0.15) is 11.3 Å². The zero-order valence-electron chi connectivity index (χ0n) is 5.78. The highest BCUT2D eigenvalue weighted by atomic mass is 79.9. The van der Waals surface area contributed by atoms with Crippen molar-refractivity contribution >= 4 is 15.9 Å². The van der Waals surface area contributed by atoms with Gasteiger partial charge in [-0.15, -0.1) is 0 Å². The first-order valence-electron chi connectivity index (χ1n) is 2.90. The molecule has 3 heteroatoms. The molecule has 0 aliphatic carbocycles. The lowest BCUT2D eigenvalue weighted by molar-refractivity contribution is 0.599. The van der Waals surface area contributed by atoms with Gasteiger partial charge in [0.15, 0.2) is 0 Å². The molecule has 0 atom stereocenters. The minimum absolute atomic E-state index is 0.219. The number of pyridine rings is 1. The summed E-state index contributed by atoms with van der Waals surface area (Å²) in [7, 11) is 0.